The number of nitrogens with zero attached hydrogens (tertiary/aromatic N) is 3. The molecule has 0 saturated carbocycles. The lowest BCUT2D eigenvalue weighted by Gasteiger charge is -2.16. The van der Waals surface area contributed by atoms with Gasteiger partial charge in [0, 0.05) is 13.1 Å². The van der Waals surface area contributed by atoms with Crippen molar-refractivity contribution in [2.45, 2.75) is 17.3 Å². The lowest BCUT2D eigenvalue weighted by Crippen LogP contribution is -2.19. The van der Waals surface area contributed by atoms with E-state index in [0.717, 1.165) is 22.0 Å². The molecule has 0 radical (unpaired) electrons. The maximum absolute atomic E-state index is 13.1. The van der Waals surface area contributed by atoms with Crippen molar-refractivity contribution in [1.82, 2.24) is 14.7 Å². The fourth-order valence-corrected chi connectivity index (χ4v) is 4.04. The summed E-state index contributed by atoms with van der Waals surface area (Å²) in [6, 6.07) is 21.4. The van der Waals surface area contributed by atoms with Crippen molar-refractivity contribution in [3.63, 3.8) is 0 Å². The van der Waals surface area contributed by atoms with Crippen LogP contribution >= 0.6 is 11.8 Å². The number of aromatic nitrogens is 3. The summed E-state index contributed by atoms with van der Waals surface area (Å²) in [5, 5.41) is 6.97. The molecule has 6 nitrogen and oxygen atoms in total. The maximum atomic E-state index is 13.1. The third kappa shape index (κ3) is 4.25. The molecule has 2 aromatic carbocycles. The van der Waals surface area contributed by atoms with Gasteiger partial charge in [-0.15, -0.1) is 0 Å². The molecule has 0 aliphatic rings. The minimum absolute atomic E-state index is 0.182. The van der Waals surface area contributed by atoms with E-state index in [1.54, 1.807) is 13.0 Å². The average Bonchev–Trinajstić information content (AvgIpc) is 3.32. The minimum atomic E-state index is -0.488. The number of hydrogen-bond donors (Lipinski definition) is 1. The molecule has 0 fully saturated rings. The van der Waals surface area contributed by atoms with E-state index in [-0.39, 0.29) is 5.91 Å². The Kier molecular flexibility index (Phi) is 5.48. The van der Waals surface area contributed by atoms with E-state index >= 15 is 0 Å². The molecule has 2 heterocycles. The first-order valence-corrected chi connectivity index (χ1v) is 10.0. The van der Waals surface area contributed by atoms with E-state index in [2.05, 4.69) is 15.5 Å². The van der Waals surface area contributed by atoms with Crippen molar-refractivity contribution in [1.29, 1.82) is 0 Å². The van der Waals surface area contributed by atoms with Crippen molar-refractivity contribution in [2.24, 2.45) is 7.05 Å². The Morgan fingerprint density at radius 3 is 2.45 bits per heavy atom. The molecule has 1 unspecified atom stereocenters. The van der Waals surface area contributed by atoms with Crippen LogP contribution in [0, 0.1) is 6.92 Å². The first-order chi connectivity index (χ1) is 14.1. The van der Waals surface area contributed by atoms with Crippen molar-refractivity contribution in [3.05, 3.63) is 84.3 Å². The van der Waals surface area contributed by atoms with Crippen LogP contribution in [-0.4, -0.2) is 20.6 Å². The third-order valence-corrected chi connectivity index (χ3v) is 5.77. The van der Waals surface area contributed by atoms with Gasteiger partial charge < -0.3 is 14.4 Å². The van der Waals surface area contributed by atoms with Crippen molar-refractivity contribution >= 4 is 23.5 Å². The second kappa shape index (κ2) is 8.36. The van der Waals surface area contributed by atoms with Crippen LogP contribution in [0.15, 0.2) is 82.6 Å². The molecule has 1 N–H and O–H groups in total. The van der Waals surface area contributed by atoms with Crippen LogP contribution in [0.1, 0.15) is 16.6 Å². The van der Waals surface area contributed by atoms with Gasteiger partial charge in [-0.2, -0.15) is 0 Å². The fraction of sp³-hybridized carbons (Fsp3) is 0.136. The van der Waals surface area contributed by atoms with Gasteiger partial charge in [-0.05, 0) is 18.1 Å². The van der Waals surface area contributed by atoms with Gasteiger partial charge in [-0.3, -0.25) is 4.79 Å². The van der Waals surface area contributed by atoms with E-state index < -0.39 is 5.25 Å². The standard InChI is InChI=1S/C22H20N4O2S/c1-15-13-19(25-28-15)24-21(27)20(17-11-7-4-8-12-17)29-22-23-14-18(26(22)2)16-9-5-3-6-10-16/h3-14,20H,1-2H3,(H,24,25,27). The van der Waals surface area contributed by atoms with Gasteiger partial charge in [0.25, 0.3) is 0 Å². The first kappa shape index (κ1) is 19.0. The summed E-state index contributed by atoms with van der Waals surface area (Å²) in [5.41, 5.74) is 2.96. The molecule has 2 aromatic heterocycles. The molecule has 0 spiro atoms. The SMILES string of the molecule is Cc1cc(NC(=O)C(Sc2ncc(-c3ccccc3)n2C)c2ccccc2)no1. The summed E-state index contributed by atoms with van der Waals surface area (Å²) in [5.74, 6) is 0.860. The quantitative estimate of drug-likeness (QED) is 0.465. The zero-order valence-corrected chi connectivity index (χ0v) is 16.9. The van der Waals surface area contributed by atoms with Crippen LogP contribution < -0.4 is 5.32 Å². The highest BCUT2D eigenvalue weighted by Crippen LogP contribution is 2.37. The van der Waals surface area contributed by atoms with Crippen LogP contribution in [0.5, 0.6) is 0 Å². The summed E-state index contributed by atoms with van der Waals surface area (Å²) in [6.07, 6.45) is 1.83. The highest BCUT2D eigenvalue weighted by Gasteiger charge is 2.25. The monoisotopic (exact) mass is 404 g/mol. The highest BCUT2D eigenvalue weighted by atomic mass is 32.2. The van der Waals surface area contributed by atoms with Crippen LogP contribution in [0.25, 0.3) is 11.3 Å². The van der Waals surface area contributed by atoms with E-state index in [4.69, 9.17) is 4.52 Å². The van der Waals surface area contributed by atoms with Crippen LogP contribution in [0.3, 0.4) is 0 Å². The highest BCUT2D eigenvalue weighted by molar-refractivity contribution is 8.00. The second-order valence-electron chi connectivity index (χ2n) is 6.57. The van der Waals surface area contributed by atoms with E-state index in [1.165, 1.54) is 11.8 Å². The molecule has 1 atom stereocenters. The van der Waals surface area contributed by atoms with Crippen molar-refractivity contribution in [2.75, 3.05) is 5.32 Å². The van der Waals surface area contributed by atoms with Gasteiger partial charge >= 0.3 is 0 Å². The molecule has 0 bridgehead atoms. The summed E-state index contributed by atoms with van der Waals surface area (Å²) < 4.78 is 7.06. The molecule has 0 saturated heterocycles. The molecule has 7 heteroatoms. The first-order valence-electron chi connectivity index (χ1n) is 9.15. The van der Waals surface area contributed by atoms with E-state index in [9.17, 15) is 4.79 Å². The number of carbonyl (C=O) groups is 1. The lowest BCUT2D eigenvalue weighted by atomic mass is 10.1. The number of rotatable bonds is 6. The number of aryl methyl sites for hydroxylation is 1. The Balaban J connectivity index is 1.62. The number of carbonyl (C=O) groups excluding carboxylic acids is 1. The molecular weight excluding hydrogens is 384 g/mol. The number of imidazole rings is 1. The largest absolute Gasteiger partial charge is 0.360 e. The summed E-state index contributed by atoms with van der Waals surface area (Å²) >= 11 is 1.40. The Morgan fingerprint density at radius 1 is 1.10 bits per heavy atom. The number of thioether (sulfide) groups is 1. The molecule has 0 aliphatic carbocycles. The Labute approximate surface area is 173 Å². The molecule has 146 valence electrons. The molecule has 29 heavy (non-hydrogen) atoms. The lowest BCUT2D eigenvalue weighted by molar-refractivity contribution is -0.115. The Hall–Kier alpha value is -3.32. The van der Waals surface area contributed by atoms with E-state index in [0.29, 0.717) is 11.6 Å². The number of nitrogens with one attached hydrogen (secondary N) is 1. The number of hydrogen-bond acceptors (Lipinski definition) is 5. The molecule has 4 rings (SSSR count). The normalized spacial score (nSPS) is 11.9. The topological polar surface area (TPSA) is 73.0 Å². The predicted octanol–water partition coefficient (Wildman–Crippen LogP) is 4.86. The minimum Gasteiger partial charge on any atom is -0.360 e. The summed E-state index contributed by atoms with van der Waals surface area (Å²) in [4.78, 5) is 17.6. The Morgan fingerprint density at radius 2 is 1.79 bits per heavy atom. The van der Waals surface area contributed by atoms with Crippen molar-refractivity contribution in [3.8, 4) is 11.3 Å². The average molecular weight is 404 g/mol. The van der Waals surface area contributed by atoms with Gasteiger partial charge in [0.05, 0.1) is 11.9 Å². The second-order valence-corrected chi connectivity index (χ2v) is 7.64. The van der Waals surface area contributed by atoms with Crippen LogP contribution in [0.2, 0.25) is 0 Å². The van der Waals surface area contributed by atoms with Gasteiger partial charge in [0.15, 0.2) is 11.0 Å². The van der Waals surface area contributed by atoms with Gasteiger partial charge in [0.1, 0.15) is 11.0 Å². The summed E-state index contributed by atoms with van der Waals surface area (Å²) in [7, 11) is 1.96. The molecule has 0 aliphatic heterocycles. The number of amides is 1. The molecule has 1 amide bonds. The van der Waals surface area contributed by atoms with Gasteiger partial charge in [-0.1, -0.05) is 77.6 Å². The number of anilines is 1. The smallest absolute Gasteiger partial charge is 0.243 e. The molecular formula is C22H20N4O2S. The van der Waals surface area contributed by atoms with Crippen LogP contribution in [-0.2, 0) is 11.8 Å². The summed E-state index contributed by atoms with van der Waals surface area (Å²) in [6.45, 7) is 1.78. The maximum Gasteiger partial charge on any atom is 0.243 e. The third-order valence-electron chi connectivity index (χ3n) is 4.46. The predicted molar refractivity (Wildman–Crippen MR) is 114 cm³/mol. The molecule has 4 aromatic rings. The van der Waals surface area contributed by atoms with Gasteiger partial charge in [0.2, 0.25) is 5.91 Å². The van der Waals surface area contributed by atoms with Gasteiger partial charge in [-0.25, -0.2) is 4.98 Å². The fourth-order valence-electron chi connectivity index (χ4n) is 3.00. The zero-order chi connectivity index (χ0) is 20.2. The van der Waals surface area contributed by atoms with E-state index in [1.807, 2.05) is 78.5 Å². The zero-order valence-electron chi connectivity index (χ0n) is 16.1. The van der Waals surface area contributed by atoms with Crippen molar-refractivity contribution < 1.29 is 9.32 Å². The number of benzene rings is 2. The van der Waals surface area contributed by atoms with Crippen LogP contribution in [0.4, 0.5) is 5.82 Å². The Bertz CT molecular complexity index is 1110.